The first-order valence-corrected chi connectivity index (χ1v) is 6.96. The van der Waals surface area contributed by atoms with Gasteiger partial charge >= 0.3 is 5.97 Å². The first-order chi connectivity index (χ1) is 8.06. The highest BCUT2D eigenvalue weighted by Crippen LogP contribution is 2.41. The lowest BCUT2D eigenvalue weighted by molar-refractivity contribution is -0.175. The van der Waals surface area contributed by atoms with E-state index in [-0.39, 0.29) is 5.97 Å². The summed E-state index contributed by atoms with van der Waals surface area (Å²) >= 11 is 0. The van der Waals surface area contributed by atoms with Crippen molar-refractivity contribution in [3.05, 3.63) is 0 Å². The van der Waals surface area contributed by atoms with E-state index in [9.17, 15) is 9.90 Å². The third kappa shape index (κ3) is 4.27. The van der Waals surface area contributed by atoms with Crippen LogP contribution in [0.3, 0.4) is 0 Å². The summed E-state index contributed by atoms with van der Waals surface area (Å²) in [6.07, 6.45) is 1.22. The van der Waals surface area contributed by atoms with Crippen molar-refractivity contribution in [3.63, 3.8) is 0 Å². The Bertz CT molecular complexity index is 257. The van der Waals surface area contributed by atoms with Crippen LogP contribution in [0.25, 0.3) is 0 Å². The normalized spacial score (nSPS) is 13.2. The van der Waals surface area contributed by atoms with Crippen LogP contribution in [0.5, 0.6) is 0 Å². The summed E-state index contributed by atoms with van der Waals surface area (Å²) in [6, 6.07) is 0. The summed E-state index contributed by atoms with van der Waals surface area (Å²) in [5.41, 5.74) is -1.89. The molecule has 0 saturated carbocycles. The van der Waals surface area contributed by atoms with Gasteiger partial charge in [-0.25, -0.2) is 0 Å². The Kier molecular flexibility index (Phi) is 6.35. The number of hydrogen-bond donors (Lipinski definition) is 1. The number of esters is 1. The van der Waals surface area contributed by atoms with Gasteiger partial charge < -0.3 is 9.84 Å². The summed E-state index contributed by atoms with van der Waals surface area (Å²) in [4.78, 5) is 12.1. The van der Waals surface area contributed by atoms with Crippen molar-refractivity contribution < 1.29 is 14.6 Å². The van der Waals surface area contributed by atoms with Crippen LogP contribution in [0.2, 0.25) is 0 Å². The van der Waals surface area contributed by atoms with Crippen LogP contribution in [-0.2, 0) is 9.53 Å². The zero-order chi connectivity index (χ0) is 14.6. The molecule has 1 N–H and O–H groups in total. The molecule has 0 saturated heterocycles. The largest absolute Gasteiger partial charge is 0.465 e. The Hall–Kier alpha value is -0.570. The molecule has 3 heteroatoms. The molecule has 0 aromatic heterocycles. The molecule has 0 spiro atoms. The van der Waals surface area contributed by atoms with Crippen LogP contribution in [0, 0.1) is 17.3 Å². The third-order valence-corrected chi connectivity index (χ3v) is 3.44. The topological polar surface area (TPSA) is 46.5 Å². The smallest absolute Gasteiger partial charge is 0.314 e. The summed E-state index contributed by atoms with van der Waals surface area (Å²) < 4.78 is 5.12. The molecule has 0 aliphatic rings. The van der Waals surface area contributed by atoms with E-state index in [4.69, 9.17) is 4.74 Å². The summed E-state index contributed by atoms with van der Waals surface area (Å²) in [5, 5.41) is 11.0. The van der Waals surface area contributed by atoms with E-state index < -0.39 is 11.0 Å². The molecule has 0 aliphatic carbocycles. The number of carbonyl (C=O) groups is 1. The van der Waals surface area contributed by atoms with E-state index in [1.54, 1.807) is 20.8 Å². The molecule has 0 aromatic carbocycles. The molecule has 0 aliphatic heterocycles. The fraction of sp³-hybridized carbons (Fsp3) is 0.933. The maximum Gasteiger partial charge on any atom is 0.314 e. The van der Waals surface area contributed by atoms with E-state index in [2.05, 4.69) is 27.7 Å². The molecule has 0 atom stereocenters. The van der Waals surface area contributed by atoms with Crippen LogP contribution in [0.15, 0.2) is 0 Å². The van der Waals surface area contributed by atoms with Gasteiger partial charge in [0, 0.05) is 0 Å². The van der Waals surface area contributed by atoms with Gasteiger partial charge in [0.05, 0.1) is 17.6 Å². The Balaban J connectivity index is 5.21. The van der Waals surface area contributed by atoms with Gasteiger partial charge in [0.15, 0.2) is 0 Å². The average Bonchev–Trinajstić information content (AvgIpc) is 2.14. The first-order valence-electron chi connectivity index (χ1n) is 6.96. The van der Waals surface area contributed by atoms with Gasteiger partial charge in [-0.1, -0.05) is 27.7 Å². The maximum absolute atomic E-state index is 12.1. The fourth-order valence-electron chi connectivity index (χ4n) is 2.45. The van der Waals surface area contributed by atoms with Gasteiger partial charge in [-0.2, -0.15) is 0 Å². The predicted octanol–water partition coefficient (Wildman–Crippen LogP) is 3.40. The number of ether oxygens (including phenoxy) is 1. The van der Waals surface area contributed by atoms with Crippen molar-refractivity contribution in [2.24, 2.45) is 17.3 Å². The van der Waals surface area contributed by atoms with E-state index >= 15 is 0 Å². The second-order valence-corrected chi connectivity index (χ2v) is 6.57. The predicted molar refractivity (Wildman–Crippen MR) is 74.3 cm³/mol. The molecule has 3 nitrogen and oxygen atoms in total. The maximum atomic E-state index is 12.1. The van der Waals surface area contributed by atoms with E-state index in [1.807, 2.05) is 0 Å². The van der Waals surface area contributed by atoms with Gasteiger partial charge in [-0.3, -0.25) is 4.79 Å². The minimum Gasteiger partial charge on any atom is -0.465 e. The SMILES string of the molecule is CCOC(=O)C(C)(C)C(O)(CC(C)C)CC(C)C. The molecule has 0 aromatic rings. The van der Waals surface area contributed by atoms with Gasteiger partial charge in [0.2, 0.25) is 0 Å². The Morgan fingerprint density at radius 2 is 1.50 bits per heavy atom. The number of rotatable bonds is 7. The molecule has 108 valence electrons. The minimum absolute atomic E-state index is 0.311. The molecule has 0 heterocycles. The van der Waals surface area contributed by atoms with Crippen molar-refractivity contribution in [1.82, 2.24) is 0 Å². The minimum atomic E-state index is -1.01. The van der Waals surface area contributed by atoms with Crippen molar-refractivity contribution >= 4 is 5.97 Å². The van der Waals surface area contributed by atoms with Crippen molar-refractivity contribution in [2.75, 3.05) is 6.61 Å². The second-order valence-electron chi connectivity index (χ2n) is 6.57. The molecular formula is C15H30O3. The second kappa shape index (κ2) is 6.55. The summed E-state index contributed by atoms with van der Waals surface area (Å²) in [6.45, 7) is 14.0. The van der Waals surface area contributed by atoms with E-state index in [0.717, 1.165) is 0 Å². The number of aliphatic hydroxyl groups is 1. The quantitative estimate of drug-likeness (QED) is 0.712. The van der Waals surface area contributed by atoms with Gasteiger partial charge in [0.1, 0.15) is 0 Å². The highest BCUT2D eigenvalue weighted by atomic mass is 16.5. The zero-order valence-corrected chi connectivity index (χ0v) is 13.0. The number of carbonyl (C=O) groups excluding carboxylic acids is 1. The van der Waals surface area contributed by atoms with Crippen LogP contribution < -0.4 is 0 Å². The molecule has 0 fully saturated rings. The third-order valence-electron chi connectivity index (χ3n) is 3.44. The zero-order valence-electron chi connectivity index (χ0n) is 13.0. The van der Waals surface area contributed by atoms with Crippen molar-refractivity contribution in [1.29, 1.82) is 0 Å². The highest BCUT2D eigenvalue weighted by Gasteiger charge is 2.50. The van der Waals surface area contributed by atoms with Crippen LogP contribution >= 0.6 is 0 Å². The Morgan fingerprint density at radius 1 is 1.11 bits per heavy atom. The fourth-order valence-corrected chi connectivity index (χ4v) is 2.45. The monoisotopic (exact) mass is 258 g/mol. The lowest BCUT2D eigenvalue weighted by atomic mass is 9.67. The van der Waals surface area contributed by atoms with Gasteiger partial charge in [-0.05, 0) is 45.4 Å². The summed E-state index contributed by atoms with van der Waals surface area (Å²) in [5.74, 6) is 0.360. The highest BCUT2D eigenvalue weighted by molar-refractivity contribution is 5.77. The Morgan fingerprint density at radius 3 is 1.78 bits per heavy atom. The number of hydrogen-bond acceptors (Lipinski definition) is 3. The lowest BCUT2D eigenvalue weighted by Crippen LogP contribution is -2.52. The molecule has 18 heavy (non-hydrogen) atoms. The molecule has 0 radical (unpaired) electrons. The van der Waals surface area contributed by atoms with Crippen LogP contribution in [0.4, 0.5) is 0 Å². The lowest BCUT2D eigenvalue weighted by Gasteiger charge is -2.43. The Labute approximate surface area is 112 Å². The standard InChI is InChI=1S/C15H30O3/c1-8-18-13(16)14(6,7)15(17,9-11(2)3)10-12(4)5/h11-12,17H,8-10H2,1-7H3. The van der Waals surface area contributed by atoms with Crippen LogP contribution in [0.1, 0.15) is 61.3 Å². The molecule has 0 amide bonds. The molecule has 0 rings (SSSR count). The van der Waals surface area contributed by atoms with E-state index in [0.29, 0.717) is 31.3 Å². The molecule has 0 unspecified atom stereocenters. The van der Waals surface area contributed by atoms with Crippen LogP contribution in [-0.4, -0.2) is 23.3 Å². The average molecular weight is 258 g/mol. The molecule has 0 bridgehead atoms. The molecular weight excluding hydrogens is 228 g/mol. The van der Waals surface area contributed by atoms with Crippen molar-refractivity contribution in [2.45, 2.75) is 66.9 Å². The van der Waals surface area contributed by atoms with Gasteiger partial charge in [-0.15, -0.1) is 0 Å². The van der Waals surface area contributed by atoms with Crippen molar-refractivity contribution in [3.8, 4) is 0 Å². The first kappa shape index (κ1) is 17.4. The summed E-state index contributed by atoms with van der Waals surface area (Å²) in [7, 11) is 0. The van der Waals surface area contributed by atoms with Gasteiger partial charge in [0.25, 0.3) is 0 Å². The van der Waals surface area contributed by atoms with E-state index in [1.165, 1.54) is 0 Å².